The number of furan rings is 2. The molecule has 8 rings (SSSR count). The average molecular weight is 603 g/mol. The first-order valence-corrected chi connectivity index (χ1v) is 14.0. The molecular formula is C30H20Cl2N4O6. The minimum Gasteiger partial charge on any atom is -0.468 e. The molecule has 0 radical (unpaired) electrons. The molecule has 4 fully saturated rings. The number of amides is 4. The van der Waals surface area contributed by atoms with Gasteiger partial charge in [-0.1, -0.05) is 35.3 Å². The van der Waals surface area contributed by atoms with E-state index in [2.05, 4.69) is 0 Å². The second kappa shape index (κ2) is 9.14. The van der Waals surface area contributed by atoms with Gasteiger partial charge < -0.3 is 8.83 Å². The fraction of sp³-hybridized carbons (Fsp3) is 0.200. The largest absolute Gasteiger partial charge is 0.468 e. The van der Waals surface area contributed by atoms with Crippen LogP contribution in [0.2, 0.25) is 10.0 Å². The van der Waals surface area contributed by atoms with Gasteiger partial charge in [-0.3, -0.25) is 19.2 Å². The summed E-state index contributed by atoms with van der Waals surface area (Å²) in [5, 5.41) is 4.13. The molecule has 0 saturated carbocycles. The number of anilines is 2. The summed E-state index contributed by atoms with van der Waals surface area (Å²) in [4.78, 5) is 59.0. The Morgan fingerprint density at radius 2 is 0.952 bits per heavy atom. The van der Waals surface area contributed by atoms with Gasteiger partial charge in [-0.25, -0.2) is 19.8 Å². The summed E-state index contributed by atoms with van der Waals surface area (Å²) < 4.78 is 11.6. The number of carbonyl (C=O) groups excluding carboxylic acids is 4. The monoisotopic (exact) mass is 602 g/mol. The lowest BCUT2D eigenvalue weighted by Crippen LogP contribution is -2.50. The van der Waals surface area contributed by atoms with Crippen molar-refractivity contribution in [2.75, 3.05) is 9.80 Å². The Morgan fingerprint density at radius 3 is 1.31 bits per heavy atom. The molecule has 0 N–H and O–H groups in total. The Labute approximate surface area is 248 Å². The maximum absolute atomic E-state index is 14.2. The van der Waals surface area contributed by atoms with Gasteiger partial charge in [0.1, 0.15) is 23.6 Å². The number of hydrazine groups is 1. The number of hydrogen-bond acceptors (Lipinski definition) is 8. The van der Waals surface area contributed by atoms with Gasteiger partial charge in [0.15, 0.2) is 0 Å². The second-order valence-corrected chi connectivity index (χ2v) is 11.5. The Bertz CT molecular complexity index is 1650. The maximum Gasteiger partial charge on any atom is 0.253 e. The summed E-state index contributed by atoms with van der Waals surface area (Å²) in [6.07, 6.45) is 2.95. The molecule has 4 aliphatic heterocycles. The summed E-state index contributed by atoms with van der Waals surface area (Å²) in [7, 11) is 0. The molecule has 0 aliphatic carbocycles. The summed E-state index contributed by atoms with van der Waals surface area (Å²) >= 11 is 12.4. The topological polar surface area (TPSA) is 108 Å². The molecule has 4 aliphatic rings. The molecule has 2 aromatic carbocycles. The van der Waals surface area contributed by atoms with E-state index in [1.165, 1.54) is 12.5 Å². The summed E-state index contributed by atoms with van der Waals surface area (Å²) in [6.45, 7) is 0. The van der Waals surface area contributed by atoms with Crippen molar-refractivity contribution in [2.45, 2.75) is 24.2 Å². The Hall–Kier alpha value is -4.22. The highest BCUT2D eigenvalue weighted by Crippen LogP contribution is 2.59. The molecule has 42 heavy (non-hydrogen) atoms. The summed E-state index contributed by atoms with van der Waals surface area (Å²) in [5.41, 5.74) is 0.676. The van der Waals surface area contributed by atoms with Gasteiger partial charge in [-0.2, -0.15) is 0 Å². The Morgan fingerprint density at radius 1 is 0.524 bits per heavy atom. The number of nitrogens with zero attached hydrogens (tertiary/aromatic N) is 4. The van der Waals surface area contributed by atoms with Crippen molar-refractivity contribution in [2.24, 2.45) is 11.8 Å². The van der Waals surface area contributed by atoms with Gasteiger partial charge in [-0.05, 0) is 60.7 Å². The molecule has 0 bridgehead atoms. The normalized spacial score (nSPS) is 29.1. The minimum atomic E-state index is -1.03. The highest BCUT2D eigenvalue weighted by Gasteiger charge is 2.74. The lowest BCUT2D eigenvalue weighted by Gasteiger charge is -2.34. The van der Waals surface area contributed by atoms with Crippen LogP contribution in [0.4, 0.5) is 11.4 Å². The van der Waals surface area contributed by atoms with Crippen molar-refractivity contribution >= 4 is 58.2 Å². The predicted octanol–water partition coefficient (Wildman–Crippen LogP) is 4.62. The molecule has 10 nitrogen and oxygen atoms in total. The van der Waals surface area contributed by atoms with E-state index in [0.717, 1.165) is 9.80 Å². The van der Waals surface area contributed by atoms with Gasteiger partial charge in [0.2, 0.25) is 11.8 Å². The Kier molecular flexibility index (Phi) is 5.55. The Balaban J connectivity index is 1.31. The molecule has 6 atom stereocenters. The average Bonchev–Trinajstić information content (AvgIpc) is 3.79. The fourth-order valence-corrected chi connectivity index (χ4v) is 7.42. The van der Waals surface area contributed by atoms with E-state index < -0.39 is 59.6 Å². The molecule has 210 valence electrons. The smallest absolute Gasteiger partial charge is 0.253 e. The number of carbonyl (C=O) groups is 4. The van der Waals surface area contributed by atoms with Crippen LogP contribution in [-0.2, 0) is 19.2 Å². The van der Waals surface area contributed by atoms with Crippen LogP contribution in [0.5, 0.6) is 0 Å². The highest BCUT2D eigenvalue weighted by molar-refractivity contribution is 6.32. The number of rotatable bonds is 4. The zero-order valence-corrected chi connectivity index (χ0v) is 23.1. The first kappa shape index (κ1) is 25.5. The number of hydrogen-bond donors (Lipinski definition) is 0. The van der Waals surface area contributed by atoms with E-state index in [0.29, 0.717) is 32.9 Å². The summed E-state index contributed by atoms with van der Waals surface area (Å²) in [5.74, 6) is -3.00. The standard InChI is InChI=1S/C30H20Cl2N4O6/c31-15-5-1-7-17(13-15)33-27(37)21-23(19-9-3-11-41-19)36-26-22(24(20-10-4-12-42-20)35(36)25(21)29(33)39)28(38)34(30(26)40)18-8-2-6-16(32)14-18/h1-14,21-26H/t21-,22-,23+,24+,25-,26+/m0/s1. The number of fused-ring (bicyclic) bond motifs is 5. The van der Waals surface area contributed by atoms with Crippen LogP contribution in [0.1, 0.15) is 23.6 Å². The molecule has 4 aromatic rings. The van der Waals surface area contributed by atoms with Crippen LogP contribution in [0.25, 0.3) is 0 Å². The second-order valence-electron chi connectivity index (χ2n) is 10.6. The SMILES string of the molecule is O=C1[C@@H]2[C@@H](C(=O)N1c1cccc(Cl)c1)N1[C@H](c3ccco3)[C@@H]3C(=O)N(c4cccc(Cl)c4)C(=O)[C@@H]3N1[C@@H]2c1ccco1. The predicted molar refractivity (Wildman–Crippen MR) is 149 cm³/mol. The van der Waals surface area contributed by atoms with E-state index in [-0.39, 0.29) is 0 Å². The van der Waals surface area contributed by atoms with Gasteiger partial charge in [-0.15, -0.1) is 0 Å². The van der Waals surface area contributed by atoms with Crippen LogP contribution in [0.15, 0.2) is 94.2 Å². The molecule has 6 heterocycles. The van der Waals surface area contributed by atoms with Crippen LogP contribution < -0.4 is 9.80 Å². The molecule has 4 amide bonds. The van der Waals surface area contributed by atoms with Crippen molar-refractivity contribution in [3.63, 3.8) is 0 Å². The molecule has 0 unspecified atom stereocenters. The van der Waals surface area contributed by atoms with Crippen LogP contribution >= 0.6 is 23.2 Å². The third-order valence-electron chi connectivity index (χ3n) is 8.53. The van der Waals surface area contributed by atoms with E-state index in [1.54, 1.807) is 82.8 Å². The van der Waals surface area contributed by atoms with Gasteiger partial charge in [0.05, 0.1) is 47.8 Å². The number of benzene rings is 2. The quantitative estimate of drug-likeness (QED) is 0.311. The highest BCUT2D eigenvalue weighted by atomic mass is 35.5. The van der Waals surface area contributed by atoms with Crippen molar-refractivity contribution in [3.8, 4) is 0 Å². The number of imide groups is 2. The zero-order chi connectivity index (χ0) is 28.9. The van der Waals surface area contributed by atoms with Crippen molar-refractivity contribution in [1.29, 1.82) is 0 Å². The van der Waals surface area contributed by atoms with Crippen molar-refractivity contribution in [1.82, 2.24) is 10.0 Å². The first-order valence-electron chi connectivity index (χ1n) is 13.3. The maximum atomic E-state index is 14.2. The van der Waals surface area contributed by atoms with Crippen LogP contribution in [-0.4, -0.2) is 45.7 Å². The van der Waals surface area contributed by atoms with Crippen LogP contribution in [0, 0.1) is 11.8 Å². The van der Waals surface area contributed by atoms with E-state index in [9.17, 15) is 19.2 Å². The first-order chi connectivity index (χ1) is 20.4. The molecule has 4 saturated heterocycles. The third-order valence-corrected chi connectivity index (χ3v) is 9.00. The lowest BCUT2D eigenvalue weighted by atomic mass is 9.87. The molecule has 2 aromatic heterocycles. The lowest BCUT2D eigenvalue weighted by molar-refractivity contribution is -0.136. The zero-order valence-electron chi connectivity index (χ0n) is 21.5. The van der Waals surface area contributed by atoms with Crippen LogP contribution in [0.3, 0.4) is 0 Å². The molecule has 12 heteroatoms. The molecule has 0 spiro atoms. The fourth-order valence-electron chi connectivity index (χ4n) is 7.05. The summed E-state index contributed by atoms with van der Waals surface area (Å²) in [6, 6.07) is 16.0. The third kappa shape index (κ3) is 3.34. The van der Waals surface area contributed by atoms with Crippen molar-refractivity contribution < 1.29 is 28.0 Å². The van der Waals surface area contributed by atoms with E-state index >= 15 is 0 Å². The molecular weight excluding hydrogens is 583 g/mol. The van der Waals surface area contributed by atoms with Gasteiger partial charge in [0, 0.05) is 10.0 Å². The van der Waals surface area contributed by atoms with Gasteiger partial charge >= 0.3 is 0 Å². The minimum absolute atomic E-state index is 0.338. The van der Waals surface area contributed by atoms with Crippen molar-refractivity contribution in [3.05, 3.63) is 107 Å². The van der Waals surface area contributed by atoms with E-state index in [4.69, 9.17) is 32.0 Å². The van der Waals surface area contributed by atoms with Gasteiger partial charge in [0.25, 0.3) is 11.8 Å². The van der Waals surface area contributed by atoms with E-state index in [1.807, 2.05) is 0 Å². The number of halogens is 2.